The highest BCUT2D eigenvalue weighted by Gasteiger charge is 3.15. The fourth-order valence-corrected chi connectivity index (χ4v) is 25.8. The van der Waals surface area contributed by atoms with Crippen molar-refractivity contribution in [2.24, 2.45) is 0 Å². The molecular weight excluding hydrogens is 172 g/mol. The van der Waals surface area contributed by atoms with Gasteiger partial charge in [0.1, 0.15) is 0 Å². The van der Waals surface area contributed by atoms with Crippen LogP contribution in [0.1, 0.15) is 0 Å². The lowest BCUT2D eigenvalue weighted by Gasteiger charge is -2.04. The fourth-order valence-electron chi connectivity index (χ4n) is 0.621. The van der Waals surface area contributed by atoms with E-state index in [0.29, 0.717) is 0 Å². The third kappa shape index (κ3) is 0.151. The molecule has 0 amide bonds. The first-order valence-corrected chi connectivity index (χ1v) is 7.95. The molecule has 40 valence electrons. The Kier molecular flexibility index (Phi) is 0.320. The second kappa shape index (κ2) is 0.571. The number of rotatable bonds is 0. The molecule has 0 unspecified atom stereocenters. The molecule has 0 saturated carbocycles. The first kappa shape index (κ1) is 3.92. The molecule has 3 saturated heterocycles. The summed E-state index contributed by atoms with van der Waals surface area (Å²) < 4.78 is 20.8. The molecule has 0 spiro atoms. The van der Waals surface area contributed by atoms with Gasteiger partial charge in [0, 0.05) is 7.12 Å². The van der Waals surface area contributed by atoms with Gasteiger partial charge in [0.25, 0.3) is 2.74 Å². The van der Waals surface area contributed by atoms with Crippen LogP contribution >= 0.6 is 28.7 Å². The highest BCUT2D eigenvalue weighted by atomic mass is 34.0. The molecule has 0 aromatic heterocycles. The van der Waals surface area contributed by atoms with Gasteiger partial charge in [0.05, 0.1) is 0 Å². The van der Waals surface area contributed by atoms with Crippen molar-refractivity contribution in [1.82, 2.24) is 0 Å². The third-order valence-corrected chi connectivity index (χ3v) is 24.2. The third-order valence-electron chi connectivity index (χ3n) is 1.25. The Morgan fingerprint density at radius 3 is 1.57 bits per heavy atom. The highest BCUT2D eigenvalue weighted by molar-refractivity contribution is 9.83. The van der Waals surface area contributed by atoms with E-state index in [1.165, 1.54) is 0 Å². The SMILES string of the molecule is O=S1(=O)C23SS21S3. The molecule has 3 fully saturated rings. The molecule has 3 heterocycles. The Morgan fingerprint density at radius 1 is 1.29 bits per heavy atom. The van der Waals surface area contributed by atoms with Crippen LogP contribution in [0.25, 0.3) is 0 Å². The van der Waals surface area contributed by atoms with Gasteiger partial charge in [-0.1, -0.05) is 0 Å². The van der Waals surface area contributed by atoms with Crippen LogP contribution in [0, 0.1) is 0 Å². The van der Waals surface area contributed by atoms with Crippen LogP contribution in [0.5, 0.6) is 0 Å². The standard InChI is InChI=1S/CO2S4/c2-6(3)1-4-7(1,6)5-1. The molecular formula is CO2S4. The molecule has 7 heavy (non-hydrogen) atoms. The van der Waals surface area contributed by atoms with Crippen molar-refractivity contribution in [2.45, 2.75) is 2.74 Å². The zero-order chi connectivity index (χ0) is 4.91. The van der Waals surface area contributed by atoms with Gasteiger partial charge in [-0.2, -0.15) is 0 Å². The maximum atomic E-state index is 10.5. The monoisotopic (exact) mass is 172 g/mol. The summed E-state index contributed by atoms with van der Waals surface area (Å²) in [7, 11) is -0.0602. The molecule has 0 aromatic carbocycles. The predicted molar refractivity (Wildman–Crippen MR) is 34.4 cm³/mol. The summed E-state index contributed by atoms with van der Waals surface area (Å²) >= 11 is 0. The molecule has 0 aromatic rings. The van der Waals surface area contributed by atoms with Crippen LogP contribution in [-0.2, 0) is 8.87 Å². The maximum Gasteiger partial charge on any atom is 0.252 e. The zero-order valence-corrected chi connectivity index (χ0v) is 6.22. The quantitative estimate of drug-likeness (QED) is 0.404. The average Bonchev–Trinajstić information content (AvgIpc) is 2.11. The summed E-state index contributed by atoms with van der Waals surface area (Å²) in [6, 6.07) is 0. The van der Waals surface area contributed by atoms with Crippen LogP contribution in [0.15, 0.2) is 0 Å². The second-order valence-corrected chi connectivity index (χ2v) is 16.4. The van der Waals surface area contributed by atoms with E-state index < -0.39 is 16.0 Å². The number of hydrogen-bond acceptors (Lipinski definition) is 4. The van der Waals surface area contributed by atoms with Crippen molar-refractivity contribution >= 4 is 37.6 Å². The van der Waals surface area contributed by atoms with Gasteiger partial charge in [-0.3, -0.25) is 0 Å². The zero-order valence-electron chi connectivity index (χ0n) is 2.95. The van der Waals surface area contributed by atoms with E-state index in [0.717, 1.165) is 0 Å². The van der Waals surface area contributed by atoms with Gasteiger partial charge >= 0.3 is 0 Å². The molecule has 6 heteroatoms. The molecule has 3 aliphatic rings. The fraction of sp³-hybridized carbons (Fsp3) is 1.00. The van der Waals surface area contributed by atoms with Gasteiger partial charge in [-0.15, -0.1) is 0 Å². The minimum absolute atomic E-state index is 0.153. The minimum Gasteiger partial charge on any atom is -0.214 e. The number of hydrogen-bond donors (Lipinski definition) is 0. The van der Waals surface area contributed by atoms with Crippen LogP contribution in [0.3, 0.4) is 0 Å². The van der Waals surface area contributed by atoms with Gasteiger partial charge in [0.2, 0.25) is 8.87 Å². The first-order chi connectivity index (χ1) is 3.16. The topological polar surface area (TPSA) is 34.1 Å². The van der Waals surface area contributed by atoms with E-state index in [-0.39, 0.29) is 2.74 Å². The van der Waals surface area contributed by atoms with Crippen LogP contribution in [0.2, 0.25) is 0 Å². The predicted octanol–water partition coefficient (Wildman–Crippen LogP) is 1.07. The van der Waals surface area contributed by atoms with E-state index in [2.05, 4.69) is 0 Å². The van der Waals surface area contributed by atoms with E-state index in [9.17, 15) is 8.42 Å². The normalized spacial score (nSPS) is 85.1. The van der Waals surface area contributed by atoms with Crippen LogP contribution in [0.4, 0.5) is 0 Å². The van der Waals surface area contributed by atoms with E-state index >= 15 is 0 Å². The lowest BCUT2D eigenvalue weighted by Crippen LogP contribution is -1.96. The molecule has 0 aliphatic carbocycles. The molecule has 0 radical (unpaired) electrons. The largest absolute Gasteiger partial charge is 0.252 e. The van der Waals surface area contributed by atoms with Crippen molar-refractivity contribution in [3.8, 4) is 0 Å². The molecule has 0 N–H and O–H groups in total. The smallest absolute Gasteiger partial charge is 0.214 e. The molecule has 0 bridgehead atoms. The van der Waals surface area contributed by atoms with Crippen LogP contribution < -0.4 is 0 Å². The van der Waals surface area contributed by atoms with Crippen molar-refractivity contribution in [2.75, 3.05) is 0 Å². The van der Waals surface area contributed by atoms with Crippen molar-refractivity contribution in [3.63, 3.8) is 0 Å². The first-order valence-electron chi connectivity index (χ1n) is 1.65. The lowest BCUT2D eigenvalue weighted by molar-refractivity contribution is 0.616. The molecule has 3 aliphatic heterocycles. The average molecular weight is 172 g/mol. The van der Waals surface area contributed by atoms with Gasteiger partial charge in [-0.05, 0) is 21.6 Å². The van der Waals surface area contributed by atoms with E-state index in [1.807, 2.05) is 0 Å². The van der Waals surface area contributed by atoms with Crippen LogP contribution in [-0.4, -0.2) is 11.2 Å². The van der Waals surface area contributed by atoms with Gasteiger partial charge in [-0.25, -0.2) is 8.42 Å². The molecule has 3 rings (SSSR count). The Morgan fingerprint density at radius 2 is 1.57 bits per heavy atom. The van der Waals surface area contributed by atoms with Crippen molar-refractivity contribution < 1.29 is 8.42 Å². The molecule has 2 nitrogen and oxygen atoms in total. The summed E-state index contributed by atoms with van der Waals surface area (Å²) in [4.78, 5) is 0. The summed E-state index contributed by atoms with van der Waals surface area (Å²) in [6.07, 6.45) is 0. The van der Waals surface area contributed by atoms with Gasteiger partial charge in [0.15, 0.2) is 0 Å². The van der Waals surface area contributed by atoms with Crippen molar-refractivity contribution in [1.29, 1.82) is 0 Å². The Bertz CT molecular complexity index is 235. The summed E-state index contributed by atoms with van der Waals surface area (Å²) in [5.41, 5.74) is 0. The lowest BCUT2D eigenvalue weighted by atomic mass is 11.8. The van der Waals surface area contributed by atoms with Gasteiger partial charge < -0.3 is 0 Å². The van der Waals surface area contributed by atoms with E-state index in [4.69, 9.17) is 0 Å². The Hall–Kier alpha value is 1.000. The Labute approximate surface area is 48.9 Å². The summed E-state index contributed by atoms with van der Waals surface area (Å²) in [6.45, 7) is 0. The van der Waals surface area contributed by atoms with E-state index in [1.54, 1.807) is 21.6 Å². The second-order valence-electron chi connectivity index (χ2n) is 1.57. The summed E-state index contributed by atoms with van der Waals surface area (Å²) in [5, 5.41) is 0. The van der Waals surface area contributed by atoms with Crippen molar-refractivity contribution in [3.05, 3.63) is 0 Å². The highest BCUT2D eigenvalue weighted by Crippen LogP contribution is 3.38. The Balaban J connectivity index is 2.54. The summed E-state index contributed by atoms with van der Waals surface area (Å²) in [5.74, 6) is 0. The minimum atomic E-state index is -2.41. The molecule has 0 atom stereocenters. The maximum absolute atomic E-state index is 10.5.